The summed E-state index contributed by atoms with van der Waals surface area (Å²) >= 11 is 0. The van der Waals surface area contributed by atoms with Gasteiger partial charge in [-0.05, 0) is 44.1 Å². The van der Waals surface area contributed by atoms with E-state index in [4.69, 9.17) is 5.73 Å². The third kappa shape index (κ3) is 3.17. The predicted octanol–water partition coefficient (Wildman–Crippen LogP) is 1.44. The van der Waals surface area contributed by atoms with Crippen LogP contribution in [0.2, 0.25) is 0 Å². The highest BCUT2D eigenvalue weighted by molar-refractivity contribution is 5.95. The number of nitrogens with zero attached hydrogens (tertiary/aromatic N) is 1. The van der Waals surface area contributed by atoms with Gasteiger partial charge in [0.05, 0.1) is 17.9 Å². The maximum atomic E-state index is 12.8. The zero-order chi connectivity index (χ0) is 12.3. The summed E-state index contributed by atoms with van der Waals surface area (Å²) in [6.07, 6.45) is 2.29. The first-order valence-electron chi connectivity index (χ1n) is 5.72. The summed E-state index contributed by atoms with van der Waals surface area (Å²) < 4.78 is 12.8. The molecule has 1 saturated heterocycles. The molecule has 2 rings (SSSR count). The van der Waals surface area contributed by atoms with Gasteiger partial charge in [0.25, 0.3) is 0 Å². The zero-order valence-electron chi connectivity index (χ0n) is 9.58. The van der Waals surface area contributed by atoms with E-state index in [1.165, 1.54) is 18.2 Å². The minimum absolute atomic E-state index is 0.106. The largest absolute Gasteiger partial charge is 0.397 e. The van der Waals surface area contributed by atoms with Crippen LogP contribution in [0.3, 0.4) is 0 Å². The minimum Gasteiger partial charge on any atom is -0.397 e. The van der Waals surface area contributed by atoms with E-state index in [0.29, 0.717) is 12.2 Å². The highest BCUT2D eigenvalue weighted by Crippen LogP contribution is 2.19. The zero-order valence-corrected chi connectivity index (χ0v) is 9.58. The van der Waals surface area contributed by atoms with Crippen molar-refractivity contribution in [3.63, 3.8) is 0 Å². The van der Waals surface area contributed by atoms with Crippen LogP contribution in [-0.4, -0.2) is 30.4 Å². The molecule has 92 valence electrons. The third-order valence-corrected chi connectivity index (χ3v) is 2.85. The van der Waals surface area contributed by atoms with Crippen molar-refractivity contribution in [3.05, 3.63) is 24.0 Å². The molecule has 5 heteroatoms. The lowest BCUT2D eigenvalue weighted by molar-refractivity contribution is -0.117. The maximum absolute atomic E-state index is 12.8. The second kappa shape index (κ2) is 5.14. The Balaban J connectivity index is 1.93. The second-order valence-corrected chi connectivity index (χ2v) is 4.26. The molecule has 1 heterocycles. The fraction of sp³-hybridized carbons (Fsp3) is 0.417. The van der Waals surface area contributed by atoms with Crippen LogP contribution >= 0.6 is 0 Å². The summed E-state index contributed by atoms with van der Waals surface area (Å²) in [6, 6.07) is 3.96. The van der Waals surface area contributed by atoms with E-state index in [9.17, 15) is 9.18 Å². The normalized spacial score (nSPS) is 16.1. The van der Waals surface area contributed by atoms with Crippen molar-refractivity contribution < 1.29 is 9.18 Å². The van der Waals surface area contributed by atoms with Gasteiger partial charge in [0.1, 0.15) is 5.82 Å². The third-order valence-electron chi connectivity index (χ3n) is 2.85. The predicted molar refractivity (Wildman–Crippen MR) is 65.1 cm³/mol. The molecular formula is C12H16FN3O. The Morgan fingerprint density at radius 1 is 1.41 bits per heavy atom. The second-order valence-electron chi connectivity index (χ2n) is 4.26. The topological polar surface area (TPSA) is 58.4 Å². The molecule has 1 aliphatic heterocycles. The monoisotopic (exact) mass is 237 g/mol. The molecule has 3 N–H and O–H groups in total. The quantitative estimate of drug-likeness (QED) is 0.782. The number of carbonyl (C=O) groups is 1. The van der Waals surface area contributed by atoms with Crippen molar-refractivity contribution in [2.24, 2.45) is 0 Å². The van der Waals surface area contributed by atoms with E-state index in [2.05, 4.69) is 10.2 Å². The first-order chi connectivity index (χ1) is 8.15. The van der Waals surface area contributed by atoms with Gasteiger partial charge in [-0.25, -0.2) is 4.39 Å². The lowest BCUT2D eigenvalue weighted by Gasteiger charge is -2.14. The number of hydrogen-bond donors (Lipinski definition) is 2. The summed E-state index contributed by atoms with van der Waals surface area (Å²) in [5.41, 5.74) is 6.33. The molecule has 1 aromatic rings. The van der Waals surface area contributed by atoms with Crippen LogP contribution < -0.4 is 11.1 Å². The number of benzene rings is 1. The molecule has 0 unspecified atom stereocenters. The van der Waals surface area contributed by atoms with Gasteiger partial charge in [-0.1, -0.05) is 0 Å². The number of nitrogens with two attached hydrogens (primary N) is 1. The van der Waals surface area contributed by atoms with Crippen molar-refractivity contribution in [2.45, 2.75) is 12.8 Å². The van der Waals surface area contributed by atoms with Gasteiger partial charge in [0.2, 0.25) is 5.91 Å². The maximum Gasteiger partial charge on any atom is 0.238 e. The Labute approximate surface area is 99.6 Å². The average molecular weight is 237 g/mol. The number of nitrogen functional groups attached to an aromatic ring is 1. The van der Waals surface area contributed by atoms with Crippen LogP contribution in [0.5, 0.6) is 0 Å². The van der Waals surface area contributed by atoms with Gasteiger partial charge in [-0.3, -0.25) is 9.69 Å². The van der Waals surface area contributed by atoms with Crippen molar-refractivity contribution in [3.8, 4) is 0 Å². The Morgan fingerprint density at radius 2 is 2.12 bits per heavy atom. The standard InChI is InChI=1S/C12H16FN3O/c13-9-3-4-11(10(14)7-9)15-12(17)8-16-5-1-2-6-16/h3-4,7H,1-2,5-6,8,14H2,(H,15,17). The molecule has 0 atom stereocenters. The lowest BCUT2D eigenvalue weighted by Crippen LogP contribution is -2.31. The summed E-state index contributed by atoms with van der Waals surface area (Å²) in [7, 11) is 0. The Bertz CT molecular complexity index is 416. The van der Waals surface area contributed by atoms with Crippen LogP contribution in [0.1, 0.15) is 12.8 Å². The number of carbonyl (C=O) groups excluding carboxylic acids is 1. The lowest BCUT2D eigenvalue weighted by atomic mass is 10.2. The molecule has 0 spiro atoms. The van der Waals surface area contributed by atoms with E-state index < -0.39 is 5.82 Å². The van der Waals surface area contributed by atoms with Crippen LogP contribution in [0.25, 0.3) is 0 Å². The molecule has 1 amide bonds. The molecule has 0 aromatic heterocycles. The summed E-state index contributed by atoms with van der Waals surface area (Å²) in [6.45, 7) is 2.30. The number of likely N-dealkylation sites (tertiary alicyclic amines) is 1. The van der Waals surface area contributed by atoms with Gasteiger partial charge < -0.3 is 11.1 Å². The van der Waals surface area contributed by atoms with E-state index in [-0.39, 0.29) is 11.6 Å². The van der Waals surface area contributed by atoms with Crippen LogP contribution in [0.15, 0.2) is 18.2 Å². The molecule has 1 aliphatic rings. The summed E-state index contributed by atoms with van der Waals surface area (Å²) in [5.74, 6) is -0.509. The number of amides is 1. The van der Waals surface area contributed by atoms with Gasteiger partial charge in [-0.2, -0.15) is 0 Å². The average Bonchev–Trinajstić information content (AvgIpc) is 2.75. The Kier molecular flexibility index (Phi) is 3.58. The highest BCUT2D eigenvalue weighted by atomic mass is 19.1. The van der Waals surface area contributed by atoms with Crippen LogP contribution in [0.4, 0.5) is 15.8 Å². The fourth-order valence-corrected chi connectivity index (χ4v) is 1.98. The van der Waals surface area contributed by atoms with Crippen LogP contribution in [0, 0.1) is 5.82 Å². The molecule has 0 aliphatic carbocycles. The molecule has 0 saturated carbocycles. The first kappa shape index (κ1) is 11.9. The Hall–Kier alpha value is -1.62. The molecule has 1 fully saturated rings. The van der Waals surface area contributed by atoms with E-state index in [0.717, 1.165) is 25.9 Å². The van der Waals surface area contributed by atoms with Gasteiger partial charge in [0, 0.05) is 0 Å². The SMILES string of the molecule is Nc1cc(F)ccc1NC(=O)CN1CCCC1. The molecule has 4 nitrogen and oxygen atoms in total. The van der Waals surface area contributed by atoms with E-state index in [1.54, 1.807) is 0 Å². The smallest absolute Gasteiger partial charge is 0.238 e. The number of nitrogens with one attached hydrogen (secondary N) is 1. The molecule has 17 heavy (non-hydrogen) atoms. The highest BCUT2D eigenvalue weighted by Gasteiger charge is 2.15. The number of halogens is 1. The van der Waals surface area contributed by atoms with Crippen molar-refractivity contribution in [2.75, 3.05) is 30.7 Å². The first-order valence-corrected chi connectivity index (χ1v) is 5.72. The van der Waals surface area contributed by atoms with Crippen molar-refractivity contribution in [1.29, 1.82) is 0 Å². The van der Waals surface area contributed by atoms with Gasteiger partial charge in [-0.15, -0.1) is 0 Å². The summed E-state index contributed by atoms with van der Waals surface area (Å²) in [4.78, 5) is 13.8. The van der Waals surface area contributed by atoms with Crippen molar-refractivity contribution >= 4 is 17.3 Å². The number of anilines is 2. The minimum atomic E-state index is -0.403. The molecular weight excluding hydrogens is 221 g/mol. The number of hydrogen-bond acceptors (Lipinski definition) is 3. The van der Waals surface area contributed by atoms with E-state index >= 15 is 0 Å². The van der Waals surface area contributed by atoms with Gasteiger partial charge in [0.15, 0.2) is 0 Å². The molecule has 0 bridgehead atoms. The summed E-state index contributed by atoms with van der Waals surface area (Å²) in [5, 5.41) is 2.69. The van der Waals surface area contributed by atoms with Crippen LogP contribution in [-0.2, 0) is 4.79 Å². The molecule has 1 aromatic carbocycles. The van der Waals surface area contributed by atoms with Gasteiger partial charge >= 0.3 is 0 Å². The molecule has 0 radical (unpaired) electrons. The van der Waals surface area contributed by atoms with E-state index in [1.807, 2.05) is 0 Å². The number of rotatable bonds is 3. The Morgan fingerprint density at radius 3 is 2.76 bits per heavy atom. The fourth-order valence-electron chi connectivity index (χ4n) is 1.98. The van der Waals surface area contributed by atoms with Crippen molar-refractivity contribution in [1.82, 2.24) is 4.90 Å².